The number of hydrogen-bond donors (Lipinski definition) is 1. The number of aromatic nitrogens is 3. The van der Waals surface area contributed by atoms with Crippen LogP contribution in [0.15, 0.2) is 12.7 Å². The van der Waals surface area contributed by atoms with Crippen molar-refractivity contribution in [3.63, 3.8) is 0 Å². The van der Waals surface area contributed by atoms with Crippen LogP contribution in [0.3, 0.4) is 0 Å². The molecule has 0 amide bonds. The first-order valence-corrected chi connectivity index (χ1v) is 6.89. The van der Waals surface area contributed by atoms with Gasteiger partial charge in [0.05, 0.1) is 12.1 Å². The van der Waals surface area contributed by atoms with E-state index >= 15 is 0 Å². The number of rotatable bonds is 5. The van der Waals surface area contributed by atoms with E-state index in [1.165, 1.54) is 6.33 Å². The van der Waals surface area contributed by atoms with Crippen molar-refractivity contribution in [2.24, 2.45) is 5.41 Å². The van der Waals surface area contributed by atoms with E-state index in [9.17, 15) is 5.11 Å². The van der Waals surface area contributed by atoms with Gasteiger partial charge in [0.2, 0.25) is 0 Å². The van der Waals surface area contributed by atoms with Gasteiger partial charge in [-0.1, -0.05) is 34.1 Å². The SMILES string of the molecule is CCCCC#CCC(O)(Cn1cncn1)C(C)(C)C. The van der Waals surface area contributed by atoms with Gasteiger partial charge in [0.15, 0.2) is 0 Å². The third-order valence-electron chi connectivity index (χ3n) is 3.45. The summed E-state index contributed by atoms with van der Waals surface area (Å²) in [5, 5.41) is 15.0. The van der Waals surface area contributed by atoms with Crippen molar-refractivity contribution in [1.29, 1.82) is 0 Å². The zero-order valence-electron chi connectivity index (χ0n) is 12.5. The molecular weight excluding hydrogens is 238 g/mol. The van der Waals surface area contributed by atoms with Crippen LogP contribution in [0.5, 0.6) is 0 Å². The first-order chi connectivity index (χ1) is 8.89. The van der Waals surface area contributed by atoms with Crippen molar-refractivity contribution in [2.75, 3.05) is 0 Å². The number of nitrogens with zero attached hydrogens (tertiary/aromatic N) is 3. The van der Waals surface area contributed by atoms with Crippen molar-refractivity contribution in [3.8, 4) is 11.8 Å². The highest BCUT2D eigenvalue weighted by Crippen LogP contribution is 2.34. The van der Waals surface area contributed by atoms with Gasteiger partial charge >= 0.3 is 0 Å². The minimum atomic E-state index is -0.903. The maximum Gasteiger partial charge on any atom is 0.137 e. The van der Waals surface area contributed by atoms with Gasteiger partial charge in [0.1, 0.15) is 12.7 Å². The Kier molecular flexibility index (Phi) is 5.56. The fourth-order valence-corrected chi connectivity index (χ4v) is 1.70. The minimum absolute atomic E-state index is 0.265. The second-order valence-electron chi connectivity index (χ2n) is 6.01. The highest BCUT2D eigenvalue weighted by molar-refractivity contribution is 5.06. The monoisotopic (exact) mass is 263 g/mol. The molecule has 1 rings (SSSR count). The van der Waals surface area contributed by atoms with Gasteiger partial charge in [0, 0.05) is 12.8 Å². The number of aliphatic hydroxyl groups is 1. The highest BCUT2D eigenvalue weighted by Gasteiger charge is 2.40. The summed E-state index contributed by atoms with van der Waals surface area (Å²) in [5.41, 5.74) is -1.17. The van der Waals surface area contributed by atoms with Gasteiger partial charge in [-0.3, -0.25) is 4.68 Å². The van der Waals surface area contributed by atoms with E-state index < -0.39 is 5.60 Å². The molecule has 1 aromatic rings. The van der Waals surface area contributed by atoms with Crippen molar-refractivity contribution < 1.29 is 5.11 Å². The van der Waals surface area contributed by atoms with Crippen molar-refractivity contribution >= 4 is 0 Å². The lowest BCUT2D eigenvalue weighted by Gasteiger charge is -2.38. The Labute approximate surface area is 116 Å². The molecule has 0 aliphatic carbocycles. The van der Waals surface area contributed by atoms with Crippen molar-refractivity contribution in [2.45, 2.75) is 65.5 Å². The van der Waals surface area contributed by atoms with Crippen LogP contribution >= 0.6 is 0 Å². The molecule has 0 bridgehead atoms. The Morgan fingerprint density at radius 3 is 2.53 bits per heavy atom. The molecule has 0 saturated heterocycles. The summed E-state index contributed by atoms with van der Waals surface area (Å²) in [6.07, 6.45) is 6.73. The Balaban J connectivity index is 2.73. The second-order valence-corrected chi connectivity index (χ2v) is 6.01. The minimum Gasteiger partial charge on any atom is -0.386 e. The summed E-state index contributed by atoms with van der Waals surface area (Å²) in [5.74, 6) is 6.26. The maximum atomic E-state index is 10.9. The summed E-state index contributed by atoms with van der Waals surface area (Å²) >= 11 is 0. The fourth-order valence-electron chi connectivity index (χ4n) is 1.70. The summed E-state index contributed by atoms with van der Waals surface area (Å²) in [6, 6.07) is 0. The number of unbranched alkanes of at least 4 members (excludes halogenated alkanes) is 2. The third kappa shape index (κ3) is 4.68. The lowest BCUT2D eigenvalue weighted by molar-refractivity contribution is -0.0692. The third-order valence-corrected chi connectivity index (χ3v) is 3.45. The van der Waals surface area contributed by atoms with Crippen LogP contribution < -0.4 is 0 Å². The topological polar surface area (TPSA) is 50.9 Å². The molecule has 0 radical (unpaired) electrons. The van der Waals surface area contributed by atoms with Crippen LogP contribution in [-0.4, -0.2) is 25.5 Å². The molecule has 4 nitrogen and oxygen atoms in total. The Morgan fingerprint density at radius 1 is 1.26 bits per heavy atom. The molecule has 0 spiro atoms. The maximum absolute atomic E-state index is 10.9. The van der Waals surface area contributed by atoms with Gasteiger partial charge in [-0.15, -0.1) is 11.8 Å². The quantitative estimate of drug-likeness (QED) is 0.656. The molecule has 1 N–H and O–H groups in total. The largest absolute Gasteiger partial charge is 0.386 e. The molecular formula is C15H25N3O. The molecule has 1 aromatic heterocycles. The molecule has 19 heavy (non-hydrogen) atoms. The lowest BCUT2D eigenvalue weighted by atomic mass is 9.74. The predicted molar refractivity (Wildman–Crippen MR) is 76.3 cm³/mol. The zero-order valence-corrected chi connectivity index (χ0v) is 12.5. The van der Waals surface area contributed by atoms with Crippen LogP contribution in [-0.2, 0) is 6.54 Å². The van der Waals surface area contributed by atoms with Crippen LogP contribution in [0.4, 0.5) is 0 Å². The highest BCUT2D eigenvalue weighted by atomic mass is 16.3. The summed E-state index contributed by atoms with van der Waals surface area (Å²) in [4.78, 5) is 3.91. The summed E-state index contributed by atoms with van der Waals surface area (Å²) < 4.78 is 1.67. The summed E-state index contributed by atoms with van der Waals surface area (Å²) in [7, 11) is 0. The number of hydrogen-bond acceptors (Lipinski definition) is 3. The molecule has 106 valence electrons. The average molecular weight is 263 g/mol. The zero-order chi connectivity index (χ0) is 14.4. The van der Waals surface area contributed by atoms with Crippen LogP contribution in [0.2, 0.25) is 0 Å². The molecule has 1 unspecified atom stereocenters. The van der Waals surface area contributed by atoms with Gasteiger partial charge < -0.3 is 5.11 Å². The molecule has 0 aromatic carbocycles. The van der Waals surface area contributed by atoms with E-state index in [-0.39, 0.29) is 5.41 Å². The first-order valence-electron chi connectivity index (χ1n) is 6.89. The van der Waals surface area contributed by atoms with E-state index in [1.807, 2.05) is 20.8 Å². The normalized spacial score (nSPS) is 14.6. The molecule has 0 saturated carbocycles. The Hall–Kier alpha value is -1.34. The molecule has 1 heterocycles. The van der Waals surface area contributed by atoms with Crippen molar-refractivity contribution in [3.05, 3.63) is 12.7 Å². The molecule has 1 atom stereocenters. The Bertz CT molecular complexity index is 422. The fraction of sp³-hybridized carbons (Fsp3) is 0.733. The first kappa shape index (κ1) is 15.7. The van der Waals surface area contributed by atoms with Gasteiger partial charge in [-0.2, -0.15) is 5.10 Å². The van der Waals surface area contributed by atoms with Crippen molar-refractivity contribution in [1.82, 2.24) is 14.8 Å². The van der Waals surface area contributed by atoms with Crippen LogP contribution in [0.25, 0.3) is 0 Å². The lowest BCUT2D eigenvalue weighted by Crippen LogP contribution is -2.46. The van der Waals surface area contributed by atoms with E-state index in [1.54, 1.807) is 11.0 Å². The van der Waals surface area contributed by atoms with Gasteiger partial charge in [-0.25, -0.2) is 4.98 Å². The average Bonchev–Trinajstić information content (AvgIpc) is 2.80. The van der Waals surface area contributed by atoms with E-state index in [0.29, 0.717) is 13.0 Å². The molecule has 0 aliphatic rings. The predicted octanol–water partition coefficient (Wildman–Crippen LogP) is 2.64. The molecule has 0 fully saturated rings. The smallest absolute Gasteiger partial charge is 0.137 e. The summed E-state index contributed by atoms with van der Waals surface area (Å²) in [6.45, 7) is 8.64. The van der Waals surface area contributed by atoms with Crippen LogP contribution in [0.1, 0.15) is 53.4 Å². The van der Waals surface area contributed by atoms with Gasteiger partial charge in [0.25, 0.3) is 0 Å². The van der Waals surface area contributed by atoms with E-state index in [4.69, 9.17) is 0 Å². The second kappa shape index (κ2) is 6.72. The molecule has 4 heteroatoms. The standard InChI is InChI=1S/C15H25N3O/c1-5-6-7-8-9-10-15(19,14(2,3)4)11-18-13-16-12-17-18/h12-13,19H,5-7,10-11H2,1-4H3. The van der Waals surface area contributed by atoms with Gasteiger partial charge in [-0.05, 0) is 11.8 Å². The Morgan fingerprint density at radius 2 is 2.00 bits per heavy atom. The van der Waals surface area contributed by atoms with Crippen LogP contribution in [0, 0.1) is 17.3 Å². The van der Waals surface area contributed by atoms with E-state index in [2.05, 4.69) is 28.8 Å². The molecule has 0 aliphatic heterocycles. The van der Waals surface area contributed by atoms with E-state index in [0.717, 1.165) is 19.3 Å².